The van der Waals surface area contributed by atoms with Crippen molar-refractivity contribution in [1.29, 1.82) is 0 Å². The van der Waals surface area contributed by atoms with Gasteiger partial charge < -0.3 is 19.5 Å². The summed E-state index contributed by atoms with van der Waals surface area (Å²) in [6, 6.07) is 15.3. The summed E-state index contributed by atoms with van der Waals surface area (Å²) in [5.74, 6) is -0.325. The third-order valence-corrected chi connectivity index (χ3v) is 6.25. The zero-order valence-corrected chi connectivity index (χ0v) is 18.9. The molecule has 2 atom stereocenters. The van der Waals surface area contributed by atoms with Gasteiger partial charge in [-0.15, -0.1) is 0 Å². The van der Waals surface area contributed by atoms with Gasteiger partial charge in [-0.05, 0) is 54.4 Å². The van der Waals surface area contributed by atoms with E-state index in [1.165, 1.54) is 12.0 Å². The Balaban J connectivity index is 1.66. The highest BCUT2D eigenvalue weighted by atomic mass is 16.5. The predicted octanol–water partition coefficient (Wildman–Crippen LogP) is 4.04. The van der Waals surface area contributed by atoms with E-state index < -0.39 is 17.7 Å². The number of hydrogen-bond donors (Lipinski definition) is 1. The van der Waals surface area contributed by atoms with Gasteiger partial charge in [0.15, 0.2) is 0 Å². The molecule has 172 valence electrons. The number of benzene rings is 2. The Bertz CT molecular complexity index is 1300. The number of carbonyl (C=O) groups excluding carboxylic acids is 2. The maximum absolute atomic E-state index is 13.3. The normalized spacial score (nSPS) is 20.8. The molecule has 1 saturated heterocycles. The minimum absolute atomic E-state index is 0.0375. The zero-order valence-electron chi connectivity index (χ0n) is 18.9. The quantitative estimate of drug-likeness (QED) is 0.354. The first-order chi connectivity index (χ1) is 16.5. The van der Waals surface area contributed by atoms with Gasteiger partial charge in [-0.2, -0.15) is 0 Å². The minimum atomic E-state index is -0.812. The summed E-state index contributed by atoms with van der Waals surface area (Å²) in [6.45, 7) is 2.16. The van der Waals surface area contributed by atoms with E-state index in [0.717, 1.165) is 16.9 Å². The first kappa shape index (κ1) is 21.7. The average Bonchev–Trinajstić information content (AvgIpc) is 3.35. The van der Waals surface area contributed by atoms with Crippen LogP contribution in [0.4, 0.5) is 0 Å². The van der Waals surface area contributed by atoms with Crippen LogP contribution >= 0.6 is 0 Å². The van der Waals surface area contributed by atoms with Crippen molar-refractivity contribution in [3.63, 3.8) is 0 Å². The number of hydrogen-bond acceptors (Lipinski definition) is 6. The number of methoxy groups -OCH3 is 1. The standard InChI is InChI=1S/C27H24N2O5/c1-16-13-19-14-18(7-8-21(19)34-16)25(30)23-24(20-5-3-4-6-22(20)33-2)29(27(32)26(23)31)15-17-9-11-28-12-10-17/h3-12,14,16,24,30H,13,15H2,1-2H3/t16-,24+/m1/s1. The maximum atomic E-state index is 13.3. The predicted molar refractivity (Wildman–Crippen MR) is 125 cm³/mol. The van der Waals surface area contributed by atoms with E-state index >= 15 is 0 Å². The number of carbonyl (C=O) groups is 2. The summed E-state index contributed by atoms with van der Waals surface area (Å²) >= 11 is 0. The van der Waals surface area contributed by atoms with Crippen LogP contribution < -0.4 is 9.47 Å². The molecule has 0 saturated carbocycles. The first-order valence-corrected chi connectivity index (χ1v) is 11.1. The first-order valence-electron chi connectivity index (χ1n) is 11.1. The average molecular weight is 456 g/mol. The van der Waals surface area contributed by atoms with Crippen molar-refractivity contribution in [3.05, 3.63) is 94.8 Å². The SMILES string of the molecule is COc1ccccc1[C@H]1C(=C(O)c2ccc3c(c2)C[C@@H](C)O3)C(=O)C(=O)N1Cc1ccncc1. The van der Waals surface area contributed by atoms with Crippen LogP contribution in [0, 0.1) is 0 Å². The van der Waals surface area contributed by atoms with E-state index in [0.29, 0.717) is 23.3 Å². The van der Waals surface area contributed by atoms with Gasteiger partial charge in [0, 0.05) is 36.5 Å². The van der Waals surface area contributed by atoms with E-state index in [4.69, 9.17) is 9.47 Å². The molecule has 0 unspecified atom stereocenters. The number of aliphatic hydroxyl groups excluding tert-OH is 1. The van der Waals surface area contributed by atoms with Crippen LogP contribution in [0.2, 0.25) is 0 Å². The van der Waals surface area contributed by atoms with Crippen molar-refractivity contribution in [2.75, 3.05) is 7.11 Å². The molecule has 1 fully saturated rings. The third-order valence-electron chi connectivity index (χ3n) is 6.25. The fourth-order valence-corrected chi connectivity index (χ4v) is 4.67. The molecule has 0 spiro atoms. The number of aliphatic hydroxyl groups is 1. The van der Waals surface area contributed by atoms with E-state index in [2.05, 4.69) is 4.98 Å². The number of amides is 1. The van der Waals surface area contributed by atoms with Crippen LogP contribution in [0.15, 0.2) is 72.6 Å². The van der Waals surface area contributed by atoms with E-state index in [1.54, 1.807) is 48.8 Å². The lowest BCUT2D eigenvalue weighted by Gasteiger charge is -2.26. The van der Waals surface area contributed by atoms with E-state index in [9.17, 15) is 14.7 Å². The van der Waals surface area contributed by atoms with Crippen LogP contribution in [-0.2, 0) is 22.6 Å². The van der Waals surface area contributed by atoms with Gasteiger partial charge in [0.1, 0.15) is 23.4 Å². The maximum Gasteiger partial charge on any atom is 0.295 e. The third kappa shape index (κ3) is 3.69. The molecule has 3 aromatic rings. The second kappa shape index (κ2) is 8.67. The number of rotatable bonds is 5. The lowest BCUT2D eigenvalue weighted by molar-refractivity contribution is -0.140. The lowest BCUT2D eigenvalue weighted by Crippen LogP contribution is -2.29. The van der Waals surface area contributed by atoms with Gasteiger partial charge in [-0.1, -0.05) is 18.2 Å². The second-order valence-electron chi connectivity index (χ2n) is 8.48. The molecule has 1 aromatic heterocycles. The number of nitrogens with zero attached hydrogens (tertiary/aromatic N) is 2. The largest absolute Gasteiger partial charge is 0.507 e. The molecule has 0 aliphatic carbocycles. The molecule has 0 bridgehead atoms. The van der Waals surface area contributed by atoms with Gasteiger partial charge in [-0.3, -0.25) is 14.6 Å². The summed E-state index contributed by atoms with van der Waals surface area (Å²) in [5, 5.41) is 11.4. The second-order valence-corrected chi connectivity index (χ2v) is 8.48. The Kier molecular flexibility index (Phi) is 5.53. The Morgan fingerprint density at radius 3 is 2.68 bits per heavy atom. The summed E-state index contributed by atoms with van der Waals surface area (Å²) in [4.78, 5) is 32.0. The van der Waals surface area contributed by atoms with Crippen molar-refractivity contribution in [2.24, 2.45) is 0 Å². The molecule has 1 amide bonds. The molecule has 5 rings (SSSR count). The number of para-hydroxylation sites is 1. The molecule has 1 N–H and O–H groups in total. The van der Waals surface area contributed by atoms with Crippen LogP contribution in [0.3, 0.4) is 0 Å². The molecule has 0 radical (unpaired) electrons. The highest BCUT2D eigenvalue weighted by molar-refractivity contribution is 6.46. The molecule has 34 heavy (non-hydrogen) atoms. The van der Waals surface area contributed by atoms with Gasteiger partial charge >= 0.3 is 0 Å². The number of ether oxygens (including phenoxy) is 2. The van der Waals surface area contributed by atoms with Gasteiger partial charge in [0.25, 0.3) is 11.7 Å². The van der Waals surface area contributed by atoms with Crippen LogP contribution in [0.1, 0.15) is 35.2 Å². The number of fused-ring (bicyclic) bond motifs is 1. The smallest absolute Gasteiger partial charge is 0.295 e. The number of aromatic nitrogens is 1. The van der Waals surface area contributed by atoms with Gasteiger partial charge in [0.2, 0.25) is 0 Å². The lowest BCUT2D eigenvalue weighted by atomic mass is 9.93. The molecule has 7 nitrogen and oxygen atoms in total. The molecule has 3 heterocycles. The monoisotopic (exact) mass is 456 g/mol. The Morgan fingerprint density at radius 2 is 1.91 bits per heavy atom. The minimum Gasteiger partial charge on any atom is -0.507 e. The fraction of sp³-hybridized carbons (Fsp3) is 0.222. The van der Waals surface area contributed by atoms with Crippen molar-refractivity contribution in [1.82, 2.24) is 9.88 Å². The molecule has 7 heteroatoms. The topological polar surface area (TPSA) is 89.0 Å². The fourth-order valence-electron chi connectivity index (χ4n) is 4.67. The van der Waals surface area contributed by atoms with Crippen LogP contribution in [0.5, 0.6) is 11.5 Å². The van der Waals surface area contributed by atoms with Crippen molar-refractivity contribution in [2.45, 2.75) is 32.0 Å². The highest BCUT2D eigenvalue weighted by Gasteiger charge is 2.47. The summed E-state index contributed by atoms with van der Waals surface area (Å²) in [5.41, 5.74) is 2.91. The summed E-state index contributed by atoms with van der Waals surface area (Å²) in [6.07, 6.45) is 4.03. The molecular weight excluding hydrogens is 432 g/mol. The Morgan fingerprint density at radius 1 is 1.15 bits per heavy atom. The number of pyridine rings is 1. The Labute approximate surface area is 197 Å². The summed E-state index contributed by atoms with van der Waals surface area (Å²) < 4.78 is 11.3. The Hall–Kier alpha value is -4.13. The van der Waals surface area contributed by atoms with Crippen LogP contribution in [0.25, 0.3) is 5.76 Å². The number of Topliss-reactive ketones (excluding diaryl/α,β-unsaturated/α-hetero) is 1. The van der Waals surface area contributed by atoms with E-state index in [1.807, 2.05) is 25.1 Å². The molecule has 2 aliphatic rings. The molecule has 2 aromatic carbocycles. The molecule has 2 aliphatic heterocycles. The summed E-state index contributed by atoms with van der Waals surface area (Å²) in [7, 11) is 1.54. The highest BCUT2D eigenvalue weighted by Crippen LogP contribution is 2.44. The van der Waals surface area contributed by atoms with Crippen molar-refractivity contribution >= 4 is 17.4 Å². The van der Waals surface area contributed by atoms with Gasteiger partial charge in [0.05, 0.1) is 18.7 Å². The van der Waals surface area contributed by atoms with E-state index in [-0.39, 0.29) is 24.0 Å². The number of ketones is 1. The zero-order chi connectivity index (χ0) is 23.8. The molecular formula is C27H24N2O5. The number of likely N-dealkylation sites (tertiary alicyclic amines) is 1. The van der Waals surface area contributed by atoms with Crippen molar-refractivity contribution in [3.8, 4) is 11.5 Å². The van der Waals surface area contributed by atoms with Gasteiger partial charge in [-0.25, -0.2) is 0 Å². The van der Waals surface area contributed by atoms with Crippen LogP contribution in [-0.4, -0.2) is 39.9 Å². The van der Waals surface area contributed by atoms with Crippen molar-refractivity contribution < 1.29 is 24.2 Å².